The van der Waals surface area contributed by atoms with Gasteiger partial charge in [-0.2, -0.15) is 4.31 Å². The van der Waals surface area contributed by atoms with Crippen molar-refractivity contribution < 1.29 is 12.8 Å². The van der Waals surface area contributed by atoms with E-state index in [1.807, 2.05) is 0 Å². The Kier molecular flexibility index (Phi) is 4.88. The van der Waals surface area contributed by atoms with Gasteiger partial charge in [0.05, 0.1) is 5.69 Å². The molecule has 0 saturated heterocycles. The van der Waals surface area contributed by atoms with Crippen LogP contribution < -0.4 is 5.73 Å². The number of halogens is 1. The van der Waals surface area contributed by atoms with Crippen molar-refractivity contribution in [2.24, 2.45) is 5.92 Å². The first-order valence-electron chi connectivity index (χ1n) is 7.39. The fourth-order valence-corrected chi connectivity index (χ4v) is 4.53. The Labute approximate surface area is 126 Å². The number of benzene rings is 1. The van der Waals surface area contributed by atoms with Gasteiger partial charge in [0.25, 0.3) is 0 Å². The summed E-state index contributed by atoms with van der Waals surface area (Å²) in [7, 11) is -2.08. The predicted octanol–water partition coefficient (Wildman–Crippen LogP) is 3.00. The van der Waals surface area contributed by atoms with Gasteiger partial charge in [-0.25, -0.2) is 12.8 Å². The summed E-state index contributed by atoms with van der Waals surface area (Å²) in [6.07, 6.45) is 5.00. The number of sulfonamides is 1. The second-order valence-corrected chi connectivity index (χ2v) is 7.75. The lowest BCUT2D eigenvalue weighted by Gasteiger charge is -2.33. The molecule has 1 aromatic carbocycles. The van der Waals surface area contributed by atoms with Crippen molar-refractivity contribution in [3.05, 3.63) is 24.0 Å². The number of nitrogens with two attached hydrogens (primary N) is 1. The molecule has 0 unspecified atom stereocenters. The van der Waals surface area contributed by atoms with E-state index in [4.69, 9.17) is 5.73 Å². The smallest absolute Gasteiger partial charge is 0.245 e. The van der Waals surface area contributed by atoms with E-state index in [2.05, 4.69) is 6.92 Å². The molecule has 0 aromatic heterocycles. The van der Waals surface area contributed by atoms with Crippen LogP contribution in [-0.4, -0.2) is 25.8 Å². The summed E-state index contributed by atoms with van der Waals surface area (Å²) in [5.74, 6) is 0.172. The molecule has 0 aliphatic heterocycles. The number of rotatable bonds is 4. The summed E-state index contributed by atoms with van der Waals surface area (Å²) < 4.78 is 39.8. The van der Waals surface area contributed by atoms with Gasteiger partial charge in [0, 0.05) is 13.1 Å². The SMILES string of the molecule is CCC1CCC(N(C)S(=O)(=O)c2ccc(F)cc2N)CC1. The maximum absolute atomic E-state index is 13.1. The van der Waals surface area contributed by atoms with Gasteiger partial charge in [-0.15, -0.1) is 0 Å². The quantitative estimate of drug-likeness (QED) is 0.869. The second kappa shape index (κ2) is 6.32. The number of anilines is 1. The molecular formula is C15H23FN2O2S. The molecule has 4 nitrogen and oxygen atoms in total. The standard InChI is InChI=1S/C15H23FN2O2S/c1-3-11-4-7-13(8-5-11)18(2)21(19,20)15-9-6-12(16)10-14(15)17/h6,9-11,13H,3-5,7-8,17H2,1-2H3. The maximum atomic E-state index is 13.1. The third-order valence-corrected chi connectivity index (χ3v) is 6.52. The van der Waals surface area contributed by atoms with Crippen LogP contribution in [0.5, 0.6) is 0 Å². The highest BCUT2D eigenvalue weighted by molar-refractivity contribution is 7.89. The van der Waals surface area contributed by atoms with Crippen LogP contribution in [-0.2, 0) is 10.0 Å². The normalized spacial score (nSPS) is 23.4. The Morgan fingerprint density at radius 2 is 1.90 bits per heavy atom. The van der Waals surface area contributed by atoms with Crippen LogP contribution in [0.4, 0.5) is 10.1 Å². The van der Waals surface area contributed by atoms with Gasteiger partial charge in [-0.1, -0.05) is 13.3 Å². The van der Waals surface area contributed by atoms with E-state index in [0.717, 1.165) is 44.2 Å². The van der Waals surface area contributed by atoms with E-state index in [-0.39, 0.29) is 16.6 Å². The Morgan fingerprint density at radius 3 is 2.43 bits per heavy atom. The van der Waals surface area contributed by atoms with E-state index in [1.165, 1.54) is 10.4 Å². The summed E-state index contributed by atoms with van der Waals surface area (Å²) in [6, 6.07) is 3.43. The zero-order valence-corrected chi connectivity index (χ0v) is 13.4. The summed E-state index contributed by atoms with van der Waals surface area (Å²) in [4.78, 5) is -0.0102. The molecule has 2 N–H and O–H groups in total. The minimum atomic E-state index is -3.67. The molecular weight excluding hydrogens is 291 g/mol. The average molecular weight is 314 g/mol. The minimum absolute atomic E-state index is 0.00209. The van der Waals surface area contributed by atoms with Crippen LogP contribution in [0.25, 0.3) is 0 Å². The average Bonchev–Trinajstić information content (AvgIpc) is 2.46. The van der Waals surface area contributed by atoms with E-state index in [0.29, 0.717) is 5.92 Å². The monoisotopic (exact) mass is 314 g/mol. The van der Waals surface area contributed by atoms with Crippen LogP contribution in [0.2, 0.25) is 0 Å². The molecule has 1 fully saturated rings. The zero-order chi connectivity index (χ0) is 15.6. The lowest BCUT2D eigenvalue weighted by molar-refractivity contribution is 0.233. The van der Waals surface area contributed by atoms with Gasteiger partial charge in [0.1, 0.15) is 10.7 Å². The first-order chi connectivity index (χ1) is 9.86. The van der Waals surface area contributed by atoms with Gasteiger partial charge in [0.2, 0.25) is 10.0 Å². The van der Waals surface area contributed by atoms with Gasteiger partial charge >= 0.3 is 0 Å². The highest BCUT2D eigenvalue weighted by Crippen LogP contribution is 2.32. The number of hydrogen-bond acceptors (Lipinski definition) is 3. The van der Waals surface area contributed by atoms with Crippen molar-refractivity contribution in [2.45, 2.75) is 50.0 Å². The van der Waals surface area contributed by atoms with Crippen molar-refractivity contribution in [2.75, 3.05) is 12.8 Å². The zero-order valence-electron chi connectivity index (χ0n) is 12.5. The highest BCUT2D eigenvalue weighted by Gasteiger charge is 2.32. The Balaban J connectivity index is 2.19. The van der Waals surface area contributed by atoms with Crippen molar-refractivity contribution >= 4 is 15.7 Å². The van der Waals surface area contributed by atoms with E-state index < -0.39 is 15.8 Å². The van der Waals surface area contributed by atoms with E-state index >= 15 is 0 Å². The van der Waals surface area contributed by atoms with Crippen molar-refractivity contribution in [1.29, 1.82) is 0 Å². The first-order valence-corrected chi connectivity index (χ1v) is 8.83. The van der Waals surface area contributed by atoms with E-state index in [9.17, 15) is 12.8 Å². The lowest BCUT2D eigenvalue weighted by Crippen LogP contribution is -2.39. The van der Waals surface area contributed by atoms with Crippen molar-refractivity contribution in [3.63, 3.8) is 0 Å². The van der Waals surface area contributed by atoms with E-state index in [1.54, 1.807) is 7.05 Å². The largest absolute Gasteiger partial charge is 0.398 e. The molecule has 1 aliphatic rings. The predicted molar refractivity (Wildman–Crippen MR) is 81.8 cm³/mol. The maximum Gasteiger partial charge on any atom is 0.245 e. The number of nitrogen functional groups attached to an aromatic ring is 1. The summed E-state index contributed by atoms with van der Waals surface area (Å²) in [6.45, 7) is 2.17. The molecule has 1 aliphatic carbocycles. The van der Waals surface area contributed by atoms with Crippen LogP contribution in [0.15, 0.2) is 23.1 Å². The van der Waals surface area contributed by atoms with Gasteiger partial charge in [-0.05, 0) is 49.8 Å². The molecule has 0 heterocycles. The summed E-state index contributed by atoms with van der Waals surface area (Å²) >= 11 is 0. The van der Waals surface area contributed by atoms with Crippen LogP contribution in [0.1, 0.15) is 39.0 Å². The Hall–Kier alpha value is -1.14. The van der Waals surface area contributed by atoms with Crippen LogP contribution in [0.3, 0.4) is 0 Å². The fourth-order valence-electron chi connectivity index (χ4n) is 3.02. The van der Waals surface area contributed by atoms with Gasteiger partial charge in [0.15, 0.2) is 0 Å². The molecule has 118 valence electrons. The molecule has 0 radical (unpaired) electrons. The third kappa shape index (κ3) is 3.37. The van der Waals surface area contributed by atoms with Gasteiger partial charge in [-0.3, -0.25) is 0 Å². The van der Waals surface area contributed by atoms with Crippen molar-refractivity contribution in [1.82, 2.24) is 4.31 Å². The van der Waals surface area contributed by atoms with Crippen molar-refractivity contribution in [3.8, 4) is 0 Å². The minimum Gasteiger partial charge on any atom is -0.398 e. The lowest BCUT2D eigenvalue weighted by atomic mass is 9.85. The molecule has 21 heavy (non-hydrogen) atoms. The fraction of sp³-hybridized carbons (Fsp3) is 0.600. The summed E-state index contributed by atoms with van der Waals surface area (Å²) in [5.41, 5.74) is 5.63. The van der Waals surface area contributed by atoms with Crippen LogP contribution >= 0.6 is 0 Å². The highest BCUT2D eigenvalue weighted by atomic mass is 32.2. The topological polar surface area (TPSA) is 63.4 Å². The molecule has 0 bridgehead atoms. The molecule has 1 saturated carbocycles. The Morgan fingerprint density at radius 1 is 1.29 bits per heavy atom. The number of nitrogens with zero attached hydrogens (tertiary/aromatic N) is 1. The second-order valence-electron chi connectivity index (χ2n) is 5.79. The first kappa shape index (κ1) is 16.2. The number of hydrogen-bond donors (Lipinski definition) is 1. The van der Waals surface area contributed by atoms with Crippen LogP contribution in [0, 0.1) is 11.7 Å². The molecule has 0 amide bonds. The molecule has 6 heteroatoms. The molecule has 2 rings (SSSR count). The molecule has 1 aromatic rings. The molecule has 0 atom stereocenters. The summed E-state index contributed by atoms with van der Waals surface area (Å²) in [5, 5.41) is 0. The third-order valence-electron chi connectivity index (χ3n) is 4.54. The van der Waals surface area contributed by atoms with Gasteiger partial charge < -0.3 is 5.73 Å². The Bertz CT molecular complexity index is 596. The molecule has 0 spiro atoms.